The number of esters is 1. The van der Waals surface area contributed by atoms with Crippen molar-refractivity contribution in [3.8, 4) is 11.4 Å². The monoisotopic (exact) mass is 244 g/mol. The van der Waals surface area contributed by atoms with E-state index in [-0.39, 0.29) is 0 Å². The average molecular weight is 244 g/mol. The summed E-state index contributed by atoms with van der Waals surface area (Å²) in [7, 11) is 1.36. The summed E-state index contributed by atoms with van der Waals surface area (Å²) < 4.78 is 4.74. The molecule has 1 N–H and O–H groups in total. The minimum absolute atomic E-state index is 0.373. The fourth-order valence-electron chi connectivity index (χ4n) is 1.90. The zero-order valence-corrected chi connectivity index (χ0v) is 10.8. The van der Waals surface area contributed by atoms with Crippen LogP contribution >= 0.6 is 0 Å². The molecule has 1 aromatic heterocycles. The van der Waals surface area contributed by atoms with Crippen LogP contribution in [0, 0.1) is 6.92 Å². The van der Waals surface area contributed by atoms with Gasteiger partial charge in [-0.2, -0.15) is 0 Å². The molecule has 18 heavy (non-hydrogen) atoms. The van der Waals surface area contributed by atoms with Crippen LogP contribution < -0.4 is 0 Å². The first-order valence-corrected chi connectivity index (χ1v) is 5.90. The first-order chi connectivity index (χ1) is 8.67. The minimum Gasteiger partial charge on any atom is -0.464 e. The molecule has 2 rings (SSSR count). The van der Waals surface area contributed by atoms with E-state index in [1.807, 2.05) is 38.1 Å². The maximum Gasteiger partial charge on any atom is 0.358 e. The van der Waals surface area contributed by atoms with Gasteiger partial charge in [-0.25, -0.2) is 9.78 Å². The predicted octanol–water partition coefficient (Wildman–Crippen LogP) is 2.73. The van der Waals surface area contributed by atoms with Gasteiger partial charge in [-0.05, 0) is 18.9 Å². The van der Waals surface area contributed by atoms with Gasteiger partial charge in [0.25, 0.3) is 0 Å². The van der Waals surface area contributed by atoms with Gasteiger partial charge in [-0.1, -0.05) is 31.2 Å². The van der Waals surface area contributed by atoms with Crippen molar-refractivity contribution < 1.29 is 9.53 Å². The molecule has 0 aliphatic rings. The van der Waals surface area contributed by atoms with E-state index >= 15 is 0 Å². The van der Waals surface area contributed by atoms with Crippen LogP contribution in [0.5, 0.6) is 0 Å². The Morgan fingerprint density at radius 1 is 1.39 bits per heavy atom. The van der Waals surface area contributed by atoms with Gasteiger partial charge < -0.3 is 9.72 Å². The lowest BCUT2D eigenvalue weighted by atomic mass is 10.1. The number of aromatic amines is 1. The van der Waals surface area contributed by atoms with Crippen molar-refractivity contribution >= 4 is 5.97 Å². The van der Waals surface area contributed by atoms with Crippen molar-refractivity contribution in [1.29, 1.82) is 0 Å². The number of benzene rings is 1. The smallest absolute Gasteiger partial charge is 0.358 e. The summed E-state index contributed by atoms with van der Waals surface area (Å²) in [5.41, 5.74) is 3.30. The molecule has 4 heteroatoms. The molecule has 1 heterocycles. The van der Waals surface area contributed by atoms with Gasteiger partial charge in [-0.3, -0.25) is 0 Å². The van der Waals surface area contributed by atoms with Crippen molar-refractivity contribution in [2.45, 2.75) is 20.3 Å². The van der Waals surface area contributed by atoms with Gasteiger partial charge >= 0.3 is 5.97 Å². The SMILES string of the molecule is CCc1[nH]c(-c2ccccc2C)nc1C(=O)OC. The highest BCUT2D eigenvalue weighted by Crippen LogP contribution is 2.22. The molecule has 94 valence electrons. The molecular weight excluding hydrogens is 228 g/mol. The summed E-state index contributed by atoms with van der Waals surface area (Å²) in [6.07, 6.45) is 0.712. The Morgan fingerprint density at radius 2 is 2.11 bits per heavy atom. The number of carbonyl (C=O) groups excluding carboxylic acids is 1. The number of methoxy groups -OCH3 is 1. The molecule has 0 aliphatic carbocycles. The summed E-state index contributed by atoms with van der Waals surface area (Å²) >= 11 is 0. The molecule has 0 amide bonds. The van der Waals surface area contributed by atoms with Crippen molar-refractivity contribution in [2.24, 2.45) is 0 Å². The third-order valence-corrected chi connectivity index (χ3v) is 2.91. The molecule has 0 saturated carbocycles. The number of ether oxygens (including phenoxy) is 1. The van der Waals surface area contributed by atoms with E-state index in [1.54, 1.807) is 0 Å². The highest BCUT2D eigenvalue weighted by atomic mass is 16.5. The van der Waals surface area contributed by atoms with Crippen LogP contribution in [0.4, 0.5) is 0 Å². The number of H-pyrrole nitrogens is 1. The Kier molecular flexibility index (Phi) is 3.46. The van der Waals surface area contributed by atoms with Crippen LogP contribution in [0.25, 0.3) is 11.4 Å². The maximum atomic E-state index is 11.6. The highest BCUT2D eigenvalue weighted by Gasteiger charge is 2.18. The van der Waals surface area contributed by atoms with Crippen molar-refractivity contribution in [1.82, 2.24) is 9.97 Å². The minimum atomic E-state index is -0.400. The summed E-state index contributed by atoms with van der Waals surface area (Å²) in [5.74, 6) is 0.313. The van der Waals surface area contributed by atoms with E-state index in [0.717, 1.165) is 16.8 Å². The topological polar surface area (TPSA) is 55.0 Å². The van der Waals surface area contributed by atoms with Gasteiger partial charge in [0, 0.05) is 11.3 Å². The molecule has 0 aliphatic heterocycles. The van der Waals surface area contributed by atoms with E-state index in [0.29, 0.717) is 17.9 Å². The predicted molar refractivity (Wildman–Crippen MR) is 69.5 cm³/mol. The van der Waals surface area contributed by atoms with Gasteiger partial charge in [-0.15, -0.1) is 0 Å². The zero-order valence-electron chi connectivity index (χ0n) is 10.8. The third kappa shape index (κ3) is 2.14. The zero-order chi connectivity index (χ0) is 13.1. The number of aromatic nitrogens is 2. The summed E-state index contributed by atoms with van der Waals surface area (Å²) in [4.78, 5) is 19.2. The standard InChI is InChI=1S/C14H16N2O2/c1-4-11-12(14(17)18-3)16-13(15-11)10-8-6-5-7-9(10)2/h5-8H,4H2,1-3H3,(H,15,16). The molecule has 4 nitrogen and oxygen atoms in total. The fraction of sp³-hybridized carbons (Fsp3) is 0.286. The molecule has 0 fully saturated rings. The number of aryl methyl sites for hydroxylation is 2. The molecule has 0 bridgehead atoms. The molecule has 1 aromatic carbocycles. The third-order valence-electron chi connectivity index (χ3n) is 2.91. The molecule has 2 aromatic rings. The second kappa shape index (κ2) is 5.04. The lowest BCUT2D eigenvalue weighted by Crippen LogP contribution is -2.04. The molecule has 0 unspecified atom stereocenters. The number of nitrogens with zero attached hydrogens (tertiary/aromatic N) is 1. The van der Waals surface area contributed by atoms with E-state index in [9.17, 15) is 4.79 Å². The first kappa shape index (κ1) is 12.4. The van der Waals surface area contributed by atoms with E-state index < -0.39 is 5.97 Å². The molecule has 0 radical (unpaired) electrons. The Hall–Kier alpha value is -2.10. The number of nitrogens with one attached hydrogen (secondary N) is 1. The summed E-state index contributed by atoms with van der Waals surface area (Å²) in [5, 5.41) is 0. The van der Waals surface area contributed by atoms with Crippen molar-refractivity contribution in [3.63, 3.8) is 0 Å². The lowest BCUT2D eigenvalue weighted by Gasteiger charge is -2.00. The number of carbonyl (C=O) groups is 1. The fourth-order valence-corrected chi connectivity index (χ4v) is 1.90. The Morgan fingerprint density at radius 3 is 2.72 bits per heavy atom. The maximum absolute atomic E-state index is 11.6. The van der Waals surface area contributed by atoms with Crippen LogP contribution in [-0.4, -0.2) is 23.0 Å². The van der Waals surface area contributed by atoms with Crippen LogP contribution in [0.3, 0.4) is 0 Å². The van der Waals surface area contributed by atoms with Crippen LogP contribution in [-0.2, 0) is 11.2 Å². The van der Waals surface area contributed by atoms with E-state index in [2.05, 4.69) is 9.97 Å². The van der Waals surface area contributed by atoms with Gasteiger partial charge in [0.2, 0.25) is 0 Å². The van der Waals surface area contributed by atoms with Gasteiger partial charge in [0.1, 0.15) is 5.82 Å². The number of imidazole rings is 1. The van der Waals surface area contributed by atoms with Crippen LogP contribution in [0.2, 0.25) is 0 Å². The molecule has 0 spiro atoms. The largest absolute Gasteiger partial charge is 0.464 e. The Bertz CT molecular complexity index is 573. The van der Waals surface area contributed by atoms with Crippen molar-refractivity contribution in [2.75, 3.05) is 7.11 Å². The Balaban J connectivity index is 2.51. The van der Waals surface area contributed by atoms with Gasteiger partial charge in [0.05, 0.1) is 7.11 Å². The normalized spacial score (nSPS) is 10.4. The second-order valence-corrected chi connectivity index (χ2v) is 4.07. The molecule has 0 atom stereocenters. The van der Waals surface area contributed by atoms with E-state index in [1.165, 1.54) is 7.11 Å². The van der Waals surface area contributed by atoms with Gasteiger partial charge in [0.15, 0.2) is 5.69 Å². The molecular formula is C14H16N2O2. The quantitative estimate of drug-likeness (QED) is 0.844. The average Bonchev–Trinajstić information content (AvgIpc) is 2.82. The van der Waals surface area contributed by atoms with Crippen LogP contribution in [0.15, 0.2) is 24.3 Å². The van der Waals surface area contributed by atoms with E-state index in [4.69, 9.17) is 4.74 Å². The Labute approximate surface area is 106 Å². The first-order valence-electron chi connectivity index (χ1n) is 5.90. The number of hydrogen-bond acceptors (Lipinski definition) is 3. The second-order valence-electron chi connectivity index (χ2n) is 4.07. The summed E-state index contributed by atoms with van der Waals surface area (Å²) in [6.45, 7) is 3.99. The van der Waals surface area contributed by atoms with Crippen LogP contribution in [0.1, 0.15) is 28.7 Å². The highest BCUT2D eigenvalue weighted by molar-refractivity contribution is 5.89. The summed E-state index contributed by atoms with van der Waals surface area (Å²) in [6, 6.07) is 7.92. The van der Waals surface area contributed by atoms with Crippen molar-refractivity contribution in [3.05, 3.63) is 41.2 Å². The number of rotatable bonds is 3. The lowest BCUT2D eigenvalue weighted by molar-refractivity contribution is 0.0593. The molecule has 0 saturated heterocycles. The number of hydrogen-bond donors (Lipinski definition) is 1.